The van der Waals surface area contributed by atoms with Crippen molar-refractivity contribution in [3.63, 3.8) is 0 Å². The zero-order valence-electron chi connectivity index (χ0n) is 17.0. The molecule has 3 N–H and O–H groups in total. The summed E-state index contributed by atoms with van der Waals surface area (Å²) in [5, 5.41) is 12.5. The van der Waals surface area contributed by atoms with Crippen molar-refractivity contribution in [3.05, 3.63) is 16.1 Å². The molecular weight excluding hydrogens is 350 g/mol. The second-order valence-electron chi connectivity index (χ2n) is 7.65. The number of carbonyl (C=O) groups is 1. The van der Waals surface area contributed by atoms with Gasteiger partial charge in [0.1, 0.15) is 5.60 Å². The summed E-state index contributed by atoms with van der Waals surface area (Å²) in [5.41, 5.74) is -0.0428. The highest BCUT2D eigenvalue weighted by atomic mass is 32.1. The van der Waals surface area contributed by atoms with E-state index in [0.29, 0.717) is 19.0 Å². The Bertz CT molecular complexity index is 605. The highest BCUT2D eigenvalue weighted by molar-refractivity contribution is 7.09. The van der Waals surface area contributed by atoms with Gasteiger partial charge in [-0.1, -0.05) is 6.92 Å². The Morgan fingerprint density at radius 2 is 1.92 bits per heavy atom. The number of guanidine groups is 1. The van der Waals surface area contributed by atoms with Crippen LogP contribution in [-0.2, 0) is 17.7 Å². The fraction of sp³-hybridized carbons (Fsp3) is 0.722. The van der Waals surface area contributed by atoms with Gasteiger partial charge in [0.2, 0.25) is 0 Å². The molecule has 1 rings (SSSR count). The molecule has 148 valence electrons. The molecule has 0 aromatic carbocycles. The van der Waals surface area contributed by atoms with Gasteiger partial charge in [-0.15, -0.1) is 11.3 Å². The summed E-state index contributed by atoms with van der Waals surface area (Å²) in [4.78, 5) is 21.1. The fourth-order valence-corrected chi connectivity index (χ4v) is 2.75. The lowest BCUT2D eigenvalue weighted by atomic mass is 10.1. The molecule has 0 atom stereocenters. The van der Waals surface area contributed by atoms with Gasteiger partial charge in [0.15, 0.2) is 5.96 Å². The van der Waals surface area contributed by atoms with Crippen LogP contribution in [0.1, 0.15) is 59.2 Å². The van der Waals surface area contributed by atoms with Crippen molar-refractivity contribution in [1.82, 2.24) is 20.9 Å². The molecule has 0 aliphatic carbocycles. The topological polar surface area (TPSA) is 87.6 Å². The van der Waals surface area contributed by atoms with Crippen LogP contribution in [-0.4, -0.2) is 41.3 Å². The molecule has 1 amide bonds. The van der Waals surface area contributed by atoms with Crippen LogP contribution >= 0.6 is 11.3 Å². The maximum Gasteiger partial charge on any atom is 0.408 e. The third-order valence-electron chi connectivity index (χ3n) is 3.18. The zero-order valence-corrected chi connectivity index (χ0v) is 17.8. The number of hydrogen-bond donors (Lipinski definition) is 3. The van der Waals surface area contributed by atoms with E-state index in [-0.39, 0.29) is 0 Å². The average Bonchev–Trinajstić information content (AvgIpc) is 2.95. The number of amides is 1. The highest BCUT2D eigenvalue weighted by Gasteiger charge is 2.24. The molecule has 26 heavy (non-hydrogen) atoms. The number of alkyl carbamates (subject to hydrolysis) is 1. The van der Waals surface area contributed by atoms with E-state index in [0.717, 1.165) is 23.7 Å². The number of ether oxygens (including phenoxy) is 1. The van der Waals surface area contributed by atoms with Gasteiger partial charge >= 0.3 is 6.09 Å². The first kappa shape index (κ1) is 22.2. The summed E-state index contributed by atoms with van der Waals surface area (Å²) in [6, 6.07) is 0. The predicted molar refractivity (Wildman–Crippen MR) is 108 cm³/mol. The Kier molecular flexibility index (Phi) is 8.33. The van der Waals surface area contributed by atoms with E-state index in [1.54, 1.807) is 11.3 Å². The first-order valence-corrected chi connectivity index (χ1v) is 9.89. The van der Waals surface area contributed by atoms with Gasteiger partial charge in [-0.2, -0.15) is 0 Å². The SMILES string of the molecule is CCNC(=NCc1csc(CC)n1)NCC(C)(C)NC(=O)OC(C)(C)C. The van der Waals surface area contributed by atoms with E-state index in [1.165, 1.54) is 0 Å². The lowest BCUT2D eigenvalue weighted by Gasteiger charge is -2.29. The molecule has 0 saturated heterocycles. The molecule has 1 aromatic heterocycles. The highest BCUT2D eigenvalue weighted by Crippen LogP contribution is 2.11. The lowest BCUT2D eigenvalue weighted by molar-refractivity contribution is 0.0474. The van der Waals surface area contributed by atoms with Crippen molar-refractivity contribution in [1.29, 1.82) is 0 Å². The summed E-state index contributed by atoms with van der Waals surface area (Å²) in [7, 11) is 0. The van der Waals surface area contributed by atoms with Crippen LogP contribution in [0.4, 0.5) is 4.79 Å². The van der Waals surface area contributed by atoms with E-state index in [9.17, 15) is 4.79 Å². The molecule has 0 aliphatic rings. The van der Waals surface area contributed by atoms with Crippen molar-refractivity contribution in [2.75, 3.05) is 13.1 Å². The van der Waals surface area contributed by atoms with Crippen LogP contribution in [0.5, 0.6) is 0 Å². The Morgan fingerprint density at radius 1 is 1.23 bits per heavy atom. The van der Waals surface area contributed by atoms with E-state index in [4.69, 9.17) is 4.74 Å². The van der Waals surface area contributed by atoms with Gasteiger partial charge in [0.05, 0.1) is 22.8 Å². The van der Waals surface area contributed by atoms with Gasteiger partial charge in [0, 0.05) is 18.5 Å². The molecule has 0 radical (unpaired) electrons. The monoisotopic (exact) mass is 383 g/mol. The summed E-state index contributed by atoms with van der Waals surface area (Å²) in [5.74, 6) is 0.692. The number of aromatic nitrogens is 1. The zero-order chi connectivity index (χ0) is 19.8. The van der Waals surface area contributed by atoms with Crippen molar-refractivity contribution in [3.8, 4) is 0 Å². The maximum atomic E-state index is 12.0. The molecule has 1 heterocycles. The first-order valence-electron chi connectivity index (χ1n) is 9.01. The van der Waals surface area contributed by atoms with Gasteiger partial charge < -0.3 is 20.7 Å². The Labute approximate surface area is 161 Å². The van der Waals surface area contributed by atoms with E-state index in [1.807, 2.05) is 46.9 Å². The second-order valence-corrected chi connectivity index (χ2v) is 8.59. The number of nitrogens with one attached hydrogen (secondary N) is 3. The molecule has 0 aliphatic heterocycles. The van der Waals surface area contributed by atoms with Crippen molar-refractivity contribution in [2.24, 2.45) is 4.99 Å². The summed E-state index contributed by atoms with van der Waals surface area (Å²) in [6.45, 7) is 15.3. The fourth-order valence-electron chi connectivity index (χ4n) is 2.01. The molecule has 7 nitrogen and oxygen atoms in total. The molecule has 1 aromatic rings. The third-order valence-corrected chi connectivity index (χ3v) is 4.22. The van der Waals surface area contributed by atoms with Crippen molar-refractivity contribution in [2.45, 2.75) is 72.6 Å². The molecule has 0 fully saturated rings. The van der Waals surface area contributed by atoms with Crippen molar-refractivity contribution < 1.29 is 9.53 Å². The minimum atomic E-state index is -0.519. The van der Waals surface area contributed by atoms with E-state index >= 15 is 0 Å². The van der Waals surface area contributed by atoms with Crippen LogP contribution in [0.3, 0.4) is 0 Å². The Hall–Kier alpha value is -1.83. The van der Waals surface area contributed by atoms with Gasteiger partial charge in [-0.05, 0) is 48.0 Å². The lowest BCUT2D eigenvalue weighted by Crippen LogP contribution is -2.54. The molecule has 0 unspecified atom stereocenters. The minimum absolute atomic E-state index is 0.430. The number of thiazole rings is 1. The van der Waals surface area contributed by atoms with Gasteiger partial charge in [0.25, 0.3) is 0 Å². The summed E-state index contributed by atoms with van der Waals surface area (Å²) < 4.78 is 5.32. The standard InChI is InChI=1S/C18H33N5O2S/c1-8-14-22-13(11-26-14)10-20-15(19-9-2)21-12-18(6,7)23-16(24)25-17(3,4)5/h11H,8-10,12H2,1-7H3,(H,23,24)(H2,19,20,21). The third kappa shape index (κ3) is 9.03. The molecule has 0 bridgehead atoms. The smallest absolute Gasteiger partial charge is 0.408 e. The van der Waals surface area contributed by atoms with E-state index < -0.39 is 17.2 Å². The quantitative estimate of drug-likeness (QED) is 0.497. The van der Waals surface area contributed by atoms with Gasteiger partial charge in [-0.25, -0.2) is 14.8 Å². The van der Waals surface area contributed by atoms with E-state index in [2.05, 4.69) is 32.9 Å². The number of aliphatic imine (C=N–C) groups is 1. The Morgan fingerprint density at radius 3 is 2.46 bits per heavy atom. The van der Waals surface area contributed by atoms with Crippen molar-refractivity contribution >= 4 is 23.4 Å². The first-order chi connectivity index (χ1) is 12.0. The summed E-state index contributed by atoms with van der Waals surface area (Å²) >= 11 is 1.66. The number of nitrogens with zero attached hydrogens (tertiary/aromatic N) is 2. The summed E-state index contributed by atoms with van der Waals surface area (Å²) in [6.07, 6.45) is 0.512. The second kappa shape index (κ2) is 9.75. The molecular formula is C18H33N5O2S. The number of aryl methyl sites for hydroxylation is 1. The van der Waals surface area contributed by atoms with Crippen LogP contribution in [0.15, 0.2) is 10.4 Å². The average molecular weight is 384 g/mol. The number of hydrogen-bond acceptors (Lipinski definition) is 5. The number of rotatable bonds is 7. The minimum Gasteiger partial charge on any atom is -0.444 e. The largest absolute Gasteiger partial charge is 0.444 e. The van der Waals surface area contributed by atoms with Crippen LogP contribution in [0.2, 0.25) is 0 Å². The number of carbonyl (C=O) groups excluding carboxylic acids is 1. The normalized spacial score (nSPS) is 12.7. The van der Waals surface area contributed by atoms with Gasteiger partial charge in [-0.3, -0.25) is 0 Å². The Balaban J connectivity index is 2.59. The molecule has 0 saturated carbocycles. The van der Waals surface area contributed by atoms with Crippen LogP contribution in [0.25, 0.3) is 0 Å². The predicted octanol–water partition coefficient (Wildman–Crippen LogP) is 3.06. The molecule has 8 heteroatoms. The maximum absolute atomic E-state index is 12.0. The van der Waals surface area contributed by atoms with Crippen LogP contribution in [0, 0.1) is 0 Å². The molecule has 0 spiro atoms. The van der Waals surface area contributed by atoms with Crippen LogP contribution < -0.4 is 16.0 Å².